The Morgan fingerprint density at radius 2 is 1.78 bits per heavy atom. The van der Waals surface area contributed by atoms with Gasteiger partial charge < -0.3 is 9.47 Å². The molecule has 3 nitrogen and oxygen atoms in total. The first-order valence-electron chi connectivity index (χ1n) is 6.30. The van der Waals surface area contributed by atoms with Crippen molar-refractivity contribution in [2.24, 2.45) is 5.92 Å². The van der Waals surface area contributed by atoms with Crippen molar-refractivity contribution in [2.45, 2.75) is 26.7 Å². The van der Waals surface area contributed by atoms with Crippen LogP contribution in [0.2, 0.25) is 0 Å². The molecule has 1 aliphatic heterocycles. The van der Waals surface area contributed by atoms with Crippen LogP contribution >= 0.6 is 15.9 Å². The predicted molar refractivity (Wildman–Crippen MR) is 73.5 cm³/mol. The van der Waals surface area contributed by atoms with E-state index in [2.05, 4.69) is 15.9 Å². The van der Waals surface area contributed by atoms with Crippen LogP contribution in [0.1, 0.15) is 37.0 Å². The van der Waals surface area contributed by atoms with Gasteiger partial charge in [-0.05, 0) is 40.9 Å². The Morgan fingerprint density at radius 1 is 1.22 bits per heavy atom. The average Bonchev–Trinajstić information content (AvgIpc) is 2.39. The number of halogens is 1. The third-order valence-electron chi connectivity index (χ3n) is 3.25. The van der Waals surface area contributed by atoms with Crippen molar-refractivity contribution in [2.75, 3.05) is 13.2 Å². The van der Waals surface area contributed by atoms with Crippen molar-refractivity contribution < 1.29 is 14.3 Å². The fourth-order valence-electron chi connectivity index (χ4n) is 2.13. The van der Waals surface area contributed by atoms with E-state index in [1.165, 1.54) is 0 Å². The lowest BCUT2D eigenvalue weighted by Crippen LogP contribution is -2.18. The molecule has 0 amide bonds. The number of benzene rings is 1. The molecule has 0 atom stereocenters. The number of Topliss-reactive ketones (excluding diaryl/α,β-unsaturated/α-hetero) is 1. The van der Waals surface area contributed by atoms with E-state index in [1.54, 1.807) is 6.07 Å². The van der Waals surface area contributed by atoms with Gasteiger partial charge in [-0.2, -0.15) is 0 Å². The molecule has 98 valence electrons. The summed E-state index contributed by atoms with van der Waals surface area (Å²) in [7, 11) is 0. The third kappa shape index (κ3) is 2.53. The molecule has 4 heteroatoms. The van der Waals surface area contributed by atoms with E-state index in [0.29, 0.717) is 30.3 Å². The summed E-state index contributed by atoms with van der Waals surface area (Å²) >= 11 is 3.45. The molecule has 1 aliphatic rings. The van der Waals surface area contributed by atoms with Gasteiger partial charge in [0.05, 0.1) is 0 Å². The molecule has 18 heavy (non-hydrogen) atoms. The fourth-order valence-corrected chi connectivity index (χ4v) is 2.65. The standard InChI is InChI=1S/C14H17BrO3/c1-3-9(4-2)14(16)10-7-12-13(8-11(10)15)18-6-5-17-12/h7-9H,3-6H2,1-2H3. The van der Waals surface area contributed by atoms with E-state index >= 15 is 0 Å². The molecule has 0 bridgehead atoms. The summed E-state index contributed by atoms with van der Waals surface area (Å²) in [5.41, 5.74) is 0.688. The minimum atomic E-state index is 0.0730. The summed E-state index contributed by atoms with van der Waals surface area (Å²) in [5, 5.41) is 0. The number of ketones is 1. The molecule has 0 fully saturated rings. The Kier molecular flexibility index (Phi) is 4.27. The van der Waals surface area contributed by atoms with Crippen LogP contribution in [0.25, 0.3) is 0 Å². The van der Waals surface area contributed by atoms with Crippen LogP contribution in [0.4, 0.5) is 0 Å². The maximum Gasteiger partial charge on any atom is 0.167 e. The van der Waals surface area contributed by atoms with Gasteiger partial charge in [-0.15, -0.1) is 0 Å². The molecule has 0 saturated heterocycles. The third-order valence-corrected chi connectivity index (χ3v) is 3.91. The fraction of sp³-hybridized carbons (Fsp3) is 0.500. The minimum absolute atomic E-state index is 0.0730. The summed E-state index contributed by atoms with van der Waals surface area (Å²) in [6.45, 7) is 5.17. The van der Waals surface area contributed by atoms with E-state index in [4.69, 9.17) is 9.47 Å². The first kappa shape index (κ1) is 13.4. The summed E-state index contributed by atoms with van der Waals surface area (Å²) in [5.74, 6) is 1.61. The van der Waals surface area contributed by atoms with Crippen LogP contribution in [-0.4, -0.2) is 19.0 Å². The lowest BCUT2D eigenvalue weighted by atomic mass is 9.93. The molecule has 0 aliphatic carbocycles. The van der Waals surface area contributed by atoms with Gasteiger partial charge in [-0.1, -0.05) is 13.8 Å². The summed E-state index contributed by atoms with van der Waals surface area (Å²) in [4.78, 5) is 12.4. The number of carbonyl (C=O) groups excluding carboxylic acids is 1. The van der Waals surface area contributed by atoms with Crippen molar-refractivity contribution in [3.05, 3.63) is 22.2 Å². The number of hydrogen-bond donors (Lipinski definition) is 0. The second-order valence-corrected chi connectivity index (χ2v) is 5.21. The van der Waals surface area contributed by atoms with Gasteiger partial charge in [-0.3, -0.25) is 4.79 Å². The maximum absolute atomic E-state index is 12.4. The summed E-state index contributed by atoms with van der Waals surface area (Å²) in [6.07, 6.45) is 1.71. The van der Waals surface area contributed by atoms with E-state index < -0.39 is 0 Å². The van der Waals surface area contributed by atoms with Gasteiger partial charge in [0.15, 0.2) is 17.3 Å². The molecule has 1 heterocycles. The quantitative estimate of drug-likeness (QED) is 0.792. The highest BCUT2D eigenvalue weighted by molar-refractivity contribution is 9.10. The monoisotopic (exact) mass is 312 g/mol. The van der Waals surface area contributed by atoms with Crippen molar-refractivity contribution in [3.8, 4) is 11.5 Å². The Balaban J connectivity index is 2.36. The number of ether oxygens (including phenoxy) is 2. The number of rotatable bonds is 4. The summed E-state index contributed by atoms with van der Waals surface area (Å²) < 4.78 is 11.8. The van der Waals surface area contributed by atoms with E-state index in [9.17, 15) is 4.79 Å². The van der Waals surface area contributed by atoms with Crippen LogP contribution in [0.3, 0.4) is 0 Å². The van der Waals surface area contributed by atoms with Crippen molar-refractivity contribution in [1.29, 1.82) is 0 Å². The molecule has 0 aromatic heterocycles. The molecule has 1 aromatic rings. The van der Waals surface area contributed by atoms with E-state index in [0.717, 1.165) is 17.3 Å². The van der Waals surface area contributed by atoms with Gasteiger partial charge in [0.25, 0.3) is 0 Å². The van der Waals surface area contributed by atoms with Crippen LogP contribution in [-0.2, 0) is 0 Å². The number of fused-ring (bicyclic) bond motifs is 1. The maximum atomic E-state index is 12.4. The van der Waals surface area contributed by atoms with E-state index in [1.807, 2.05) is 19.9 Å². The molecule has 0 radical (unpaired) electrons. The second kappa shape index (κ2) is 5.74. The molecule has 0 spiro atoms. The molecule has 1 aromatic carbocycles. The Morgan fingerprint density at radius 3 is 2.33 bits per heavy atom. The number of carbonyl (C=O) groups is 1. The predicted octanol–water partition coefficient (Wildman–Crippen LogP) is 3.84. The SMILES string of the molecule is CCC(CC)C(=O)c1cc2c(cc1Br)OCCO2. The Bertz CT molecular complexity index is 453. The molecule has 0 unspecified atom stereocenters. The zero-order valence-electron chi connectivity index (χ0n) is 10.7. The van der Waals surface area contributed by atoms with Gasteiger partial charge >= 0.3 is 0 Å². The van der Waals surface area contributed by atoms with Gasteiger partial charge in [0.2, 0.25) is 0 Å². The summed E-state index contributed by atoms with van der Waals surface area (Å²) in [6, 6.07) is 3.61. The largest absolute Gasteiger partial charge is 0.486 e. The molecular weight excluding hydrogens is 296 g/mol. The average molecular weight is 313 g/mol. The first-order valence-corrected chi connectivity index (χ1v) is 7.10. The van der Waals surface area contributed by atoms with Gasteiger partial charge in [-0.25, -0.2) is 0 Å². The van der Waals surface area contributed by atoms with Crippen LogP contribution in [0.5, 0.6) is 11.5 Å². The van der Waals surface area contributed by atoms with E-state index in [-0.39, 0.29) is 11.7 Å². The van der Waals surface area contributed by atoms with Gasteiger partial charge in [0.1, 0.15) is 13.2 Å². The normalized spacial score (nSPS) is 13.8. The van der Waals surface area contributed by atoms with Crippen LogP contribution in [0, 0.1) is 5.92 Å². The lowest BCUT2D eigenvalue weighted by Gasteiger charge is -2.20. The number of hydrogen-bond acceptors (Lipinski definition) is 3. The minimum Gasteiger partial charge on any atom is -0.486 e. The lowest BCUT2D eigenvalue weighted by molar-refractivity contribution is 0.0911. The van der Waals surface area contributed by atoms with Crippen LogP contribution < -0.4 is 9.47 Å². The van der Waals surface area contributed by atoms with Gasteiger partial charge in [0, 0.05) is 16.0 Å². The first-order chi connectivity index (χ1) is 8.67. The molecule has 0 N–H and O–H groups in total. The Hall–Kier alpha value is -1.03. The highest BCUT2D eigenvalue weighted by Gasteiger charge is 2.22. The zero-order chi connectivity index (χ0) is 13.1. The topological polar surface area (TPSA) is 35.5 Å². The Labute approximate surface area is 116 Å². The van der Waals surface area contributed by atoms with Crippen LogP contribution in [0.15, 0.2) is 16.6 Å². The smallest absolute Gasteiger partial charge is 0.167 e. The molecule has 0 saturated carbocycles. The molecular formula is C14H17BrO3. The second-order valence-electron chi connectivity index (χ2n) is 4.35. The molecule has 2 rings (SSSR count). The van der Waals surface area contributed by atoms with Crippen molar-refractivity contribution in [1.82, 2.24) is 0 Å². The van der Waals surface area contributed by atoms with Crippen molar-refractivity contribution in [3.63, 3.8) is 0 Å². The van der Waals surface area contributed by atoms with Crippen molar-refractivity contribution >= 4 is 21.7 Å². The highest BCUT2D eigenvalue weighted by atomic mass is 79.9. The zero-order valence-corrected chi connectivity index (χ0v) is 12.2. The highest BCUT2D eigenvalue weighted by Crippen LogP contribution is 2.36.